The van der Waals surface area contributed by atoms with Gasteiger partial charge in [0.2, 0.25) is 0 Å². The van der Waals surface area contributed by atoms with Crippen LogP contribution in [-0.2, 0) is 5.41 Å². The van der Waals surface area contributed by atoms with Gasteiger partial charge < -0.3 is 10.0 Å². The standard InChI is InChI=1S/C19H31NO/c1-19(2,3)17-10-8-16(9-11-17)18(21)12-15-20-13-6-4-5-7-14-20/h8-11,18,21H,4-7,12-15H2,1-3H3. The molecule has 0 radical (unpaired) electrons. The van der Waals surface area contributed by atoms with Crippen LogP contribution in [0.1, 0.15) is 70.1 Å². The zero-order chi connectivity index (χ0) is 15.3. The molecule has 1 atom stereocenters. The van der Waals surface area contributed by atoms with Crippen LogP contribution in [0, 0.1) is 0 Å². The number of aliphatic hydroxyl groups excluding tert-OH is 1. The predicted molar refractivity (Wildman–Crippen MR) is 89.6 cm³/mol. The van der Waals surface area contributed by atoms with Crippen LogP contribution in [0.4, 0.5) is 0 Å². The molecule has 1 fully saturated rings. The Kier molecular flexibility index (Phi) is 5.83. The van der Waals surface area contributed by atoms with Crippen molar-refractivity contribution in [2.75, 3.05) is 19.6 Å². The zero-order valence-electron chi connectivity index (χ0n) is 13.9. The molecule has 1 unspecified atom stereocenters. The van der Waals surface area contributed by atoms with E-state index in [0.717, 1.165) is 18.5 Å². The molecule has 2 nitrogen and oxygen atoms in total. The van der Waals surface area contributed by atoms with Gasteiger partial charge in [0, 0.05) is 6.54 Å². The summed E-state index contributed by atoms with van der Waals surface area (Å²) >= 11 is 0. The van der Waals surface area contributed by atoms with Crippen molar-refractivity contribution >= 4 is 0 Å². The maximum absolute atomic E-state index is 10.4. The first-order chi connectivity index (χ1) is 9.97. The van der Waals surface area contributed by atoms with Crippen LogP contribution in [0.2, 0.25) is 0 Å². The monoisotopic (exact) mass is 289 g/mol. The first-order valence-electron chi connectivity index (χ1n) is 8.48. The second kappa shape index (κ2) is 7.42. The number of rotatable bonds is 4. The van der Waals surface area contributed by atoms with Gasteiger partial charge in [0.1, 0.15) is 0 Å². The van der Waals surface area contributed by atoms with E-state index >= 15 is 0 Å². The number of benzene rings is 1. The molecular weight excluding hydrogens is 258 g/mol. The molecule has 1 heterocycles. The lowest BCUT2D eigenvalue weighted by Crippen LogP contribution is -2.26. The van der Waals surface area contributed by atoms with Crippen LogP contribution < -0.4 is 0 Å². The number of aliphatic hydroxyl groups is 1. The van der Waals surface area contributed by atoms with E-state index in [-0.39, 0.29) is 11.5 Å². The van der Waals surface area contributed by atoms with Crippen LogP contribution in [0.3, 0.4) is 0 Å². The van der Waals surface area contributed by atoms with E-state index in [0.29, 0.717) is 0 Å². The van der Waals surface area contributed by atoms with Crippen LogP contribution in [0.5, 0.6) is 0 Å². The van der Waals surface area contributed by atoms with Crippen molar-refractivity contribution < 1.29 is 5.11 Å². The van der Waals surface area contributed by atoms with Gasteiger partial charge >= 0.3 is 0 Å². The third-order valence-electron chi connectivity index (χ3n) is 4.58. The van der Waals surface area contributed by atoms with E-state index in [9.17, 15) is 5.11 Å². The largest absolute Gasteiger partial charge is 0.388 e. The van der Waals surface area contributed by atoms with E-state index in [1.54, 1.807) is 0 Å². The lowest BCUT2D eigenvalue weighted by atomic mass is 9.86. The summed E-state index contributed by atoms with van der Waals surface area (Å²) in [5, 5.41) is 10.4. The molecule has 1 aliphatic heterocycles. The Bertz CT molecular complexity index is 410. The topological polar surface area (TPSA) is 23.5 Å². The summed E-state index contributed by atoms with van der Waals surface area (Å²) in [7, 11) is 0. The van der Waals surface area contributed by atoms with Crippen molar-refractivity contribution in [2.45, 2.75) is 64.4 Å². The maximum Gasteiger partial charge on any atom is 0.0802 e. The Morgan fingerprint density at radius 1 is 1.00 bits per heavy atom. The van der Waals surface area contributed by atoms with E-state index in [1.165, 1.54) is 44.3 Å². The number of hydrogen-bond acceptors (Lipinski definition) is 2. The van der Waals surface area contributed by atoms with Gasteiger partial charge in [-0.1, -0.05) is 57.9 Å². The van der Waals surface area contributed by atoms with Gasteiger partial charge in [-0.15, -0.1) is 0 Å². The highest BCUT2D eigenvalue weighted by Crippen LogP contribution is 2.25. The summed E-state index contributed by atoms with van der Waals surface area (Å²) in [5.41, 5.74) is 2.55. The third-order valence-corrected chi connectivity index (χ3v) is 4.58. The summed E-state index contributed by atoms with van der Waals surface area (Å²) in [6.45, 7) is 10.1. The van der Waals surface area contributed by atoms with E-state index in [4.69, 9.17) is 0 Å². The molecule has 1 saturated heterocycles. The van der Waals surface area contributed by atoms with Gasteiger partial charge in [0.25, 0.3) is 0 Å². The first kappa shape index (κ1) is 16.5. The zero-order valence-corrected chi connectivity index (χ0v) is 13.9. The van der Waals surface area contributed by atoms with Crippen molar-refractivity contribution in [3.8, 4) is 0 Å². The van der Waals surface area contributed by atoms with Gasteiger partial charge in [-0.05, 0) is 48.9 Å². The number of nitrogens with zero attached hydrogens (tertiary/aromatic N) is 1. The molecule has 0 amide bonds. The fraction of sp³-hybridized carbons (Fsp3) is 0.684. The number of likely N-dealkylation sites (tertiary alicyclic amines) is 1. The second-order valence-corrected chi connectivity index (χ2v) is 7.43. The molecule has 0 bridgehead atoms. The van der Waals surface area contributed by atoms with Gasteiger partial charge in [-0.3, -0.25) is 0 Å². The SMILES string of the molecule is CC(C)(C)c1ccc(C(O)CCN2CCCCCC2)cc1. The maximum atomic E-state index is 10.4. The van der Waals surface area contributed by atoms with E-state index in [1.807, 2.05) is 0 Å². The molecule has 1 aromatic rings. The predicted octanol–water partition coefficient (Wildman–Crippen LogP) is 4.28. The minimum atomic E-state index is -0.331. The highest BCUT2D eigenvalue weighted by Gasteiger charge is 2.16. The summed E-state index contributed by atoms with van der Waals surface area (Å²) in [4.78, 5) is 2.51. The summed E-state index contributed by atoms with van der Waals surface area (Å²) in [6.07, 6.45) is 5.88. The minimum absolute atomic E-state index is 0.176. The molecule has 0 aliphatic carbocycles. The summed E-state index contributed by atoms with van der Waals surface area (Å²) < 4.78 is 0. The molecule has 2 heteroatoms. The smallest absolute Gasteiger partial charge is 0.0802 e. The molecule has 0 aromatic heterocycles. The molecule has 118 valence electrons. The highest BCUT2D eigenvalue weighted by atomic mass is 16.3. The average molecular weight is 289 g/mol. The quantitative estimate of drug-likeness (QED) is 0.894. The summed E-state index contributed by atoms with van der Waals surface area (Å²) in [5.74, 6) is 0. The molecule has 2 rings (SSSR count). The van der Waals surface area contributed by atoms with Gasteiger partial charge in [-0.25, -0.2) is 0 Å². The molecule has 21 heavy (non-hydrogen) atoms. The first-order valence-corrected chi connectivity index (χ1v) is 8.48. The minimum Gasteiger partial charge on any atom is -0.388 e. The van der Waals surface area contributed by atoms with Crippen LogP contribution in [0.25, 0.3) is 0 Å². The van der Waals surface area contributed by atoms with Gasteiger partial charge in [0.15, 0.2) is 0 Å². The van der Waals surface area contributed by atoms with Gasteiger partial charge in [0.05, 0.1) is 6.10 Å². The summed E-state index contributed by atoms with van der Waals surface area (Å²) in [6, 6.07) is 8.50. The van der Waals surface area contributed by atoms with Crippen LogP contribution in [-0.4, -0.2) is 29.6 Å². The normalized spacial score (nSPS) is 19.2. The lowest BCUT2D eigenvalue weighted by molar-refractivity contribution is 0.143. The Morgan fingerprint density at radius 2 is 1.57 bits per heavy atom. The Morgan fingerprint density at radius 3 is 2.10 bits per heavy atom. The molecule has 1 aliphatic rings. The fourth-order valence-electron chi connectivity index (χ4n) is 3.04. The fourth-order valence-corrected chi connectivity index (χ4v) is 3.04. The second-order valence-electron chi connectivity index (χ2n) is 7.43. The number of hydrogen-bond donors (Lipinski definition) is 1. The van der Waals surface area contributed by atoms with Crippen LogP contribution >= 0.6 is 0 Å². The van der Waals surface area contributed by atoms with Crippen LogP contribution in [0.15, 0.2) is 24.3 Å². The van der Waals surface area contributed by atoms with Crippen molar-refractivity contribution in [3.05, 3.63) is 35.4 Å². The van der Waals surface area contributed by atoms with Gasteiger partial charge in [-0.2, -0.15) is 0 Å². The van der Waals surface area contributed by atoms with Crippen molar-refractivity contribution in [3.63, 3.8) is 0 Å². The Labute approximate surface area is 130 Å². The average Bonchev–Trinajstić information content (AvgIpc) is 2.72. The third kappa shape index (κ3) is 5.12. The van der Waals surface area contributed by atoms with E-state index < -0.39 is 0 Å². The highest BCUT2D eigenvalue weighted by molar-refractivity contribution is 5.28. The van der Waals surface area contributed by atoms with Crippen molar-refractivity contribution in [1.82, 2.24) is 4.90 Å². The molecule has 1 aromatic carbocycles. The van der Waals surface area contributed by atoms with Crippen molar-refractivity contribution in [2.24, 2.45) is 0 Å². The Hall–Kier alpha value is -0.860. The molecule has 0 saturated carbocycles. The van der Waals surface area contributed by atoms with E-state index in [2.05, 4.69) is 49.9 Å². The van der Waals surface area contributed by atoms with Crippen molar-refractivity contribution in [1.29, 1.82) is 0 Å². The molecule has 0 spiro atoms. The Balaban J connectivity index is 1.86. The lowest BCUT2D eigenvalue weighted by Gasteiger charge is -2.22. The molecule has 1 N–H and O–H groups in total. The molecular formula is C19H31NO.